The molecular formula is C16H24N4O4. The minimum atomic E-state index is -0.279. The van der Waals surface area contributed by atoms with Gasteiger partial charge in [0, 0.05) is 12.3 Å². The summed E-state index contributed by atoms with van der Waals surface area (Å²) < 4.78 is 6.51. The van der Waals surface area contributed by atoms with Crippen LogP contribution in [0.15, 0.2) is 6.20 Å². The predicted molar refractivity (Wildman–Crippen MR) is 84.4 cm³/mol. The molecule has 8 heteroatoms. The van der Waals surface area contributed by atoms with Gasteiger partial charge in [-0.15, -0.1) is 5.10 Å². The first kappa shape index (κ1) is 18.1. The number of hydrogen-bond acceptors (Lipinski definition) is 6. The zero-order chi connectivity index (χ0) is 17.7. The fourth-order valence-electron chi connectivity index (χ4n) is 2.57. The molecule has 0 bridgehead atoms. The van der Waals surface area contributed by atoms with Crippen LogP contribution in [-0.2, 0) is 32.2 Å². The summed E-state index contributed by atoms with van der Waals surface area (Å²) in [7, 11) is 0. The zero-order valence-corrected chi connectivity index (χ0v) is 14.4. The van der Waals surface area contributed by atoms with Gasteiger partial charge >= 0.3 is 5.97 Å². The molecule has 2 heterocycles. The number of amides is 2. The lowest BCUT2D eigenvalue weighted by Crippen LogP contribution is -2.31. The molecule has 24 heavy (non-hydrogen) atoms. The van der Waals surface area contributed by atoms with Gasteiger partial charge in [-0.3, -0.25) is 24.0 Å². The van der Waals surface area contributed by atoms with E-state index in [0.29, 0.717) is 18.8 Å². The Kier molecular flexibility index (Phi) is 6.05. The minimum Gasteiger partial charge on any atom is -0.466 e. The summed E-state index contributed by atoms with van der Waals surface area (Å²) in [6.45, 7) is 6.70. The second-order valence-electron chi connectivity index (χ2n) is 6.32. The monoisotopic (exact) mass is 336 g/mol. The quantitative estimate of drug-likeness (QED) is 0.522. The van der Waals surface area contributed by atoms with Gasteiger partial charge in [0.05, 0.1) is 32.3 Å². The number of imide groups is 1. The topological polar surface area (TPSA) is 94.4 Å². The SMILES string of the molecule is CCCOC(=O)CCn1cc(CN2C(=O)CC(C(C)C)C2=O)nn1. The number of aromatic nitrogens is 3. The molecule has 8 nitrogen and oxygen atoms in total. The Morgan fingerprint density at radius 2 is 2.17 bits per heavy atom. The molecule has 1 atom stereocenters. The minimum absolute atomic E-state index is 0.126. The fraction of sp³-hybridized carbons (Fsp3) is 0.688. The maximum atomic E-state index is 12.3. The van der Waals surface area contributed by atoms with Gasteiger partial charge in [-0.2, -0.15) is 0 Å². The van der Waals surface area contributed by atoms with E-state index in [1.807, 2.05) is 20.8 Å². The zero-order valence-electron chi connectivity index (χ0n) is 14.4. The second-order valence-corrected chi connectivity index (χ2v) is 6.32. The van der Waals surface area contributed by atoms with Crippen molar-refractivity contribution in [3.8, 4) is 0 Å². The summed E-state index contributed by atoms with van der Waals surface area (Å²) >= 11 is 0. The summed E-state index contributed by atoms with van der Waals surface area (Å²) in [5.74, 6) is -0.709. The Morgan fingerprint density at radius 3 is 2.79 bits per heavy atom. The number of likely N-dealkylation sites (tertiary alicyclic amines) is 1. The first-order valence-electron chi connectivity index (χ1n) is 8.31. The van der Waals surface area contributed by atoms with Gasteiger partial charge in [-0.05, 0) is 12.3 Å². The van der Waals surface area contributed by atoms with Crippen LogP contribution < -0.4 is 0 Å². The largest absolute Gasteiger partial charge is 0.466 e. The van der Waals surface area contributed by atoms with Gasteiger partial charge < -0.3 is 4.74 Å². The molecule has 0 spiro atoms. The molecule has 0 N–H and O–H groups in total. The van der Waals surface area contributed by atoms with Gasteiger partial charge in [0.1, 0.15) is 5.69 Å². The number of aryl methyl sites for hydroxylation is 1. The molecule has 0 radical (unpaired) electrons. The average Bonchev–Trinajstić information content (AvgIpc) is 3.10. The van der Waals surface area contributed by atoms with Crippen LogP contribution in [0.4, 0.5) is 0 Å². The first-order valence-corrected chi connectivity index (χ1v) is 8.31. The number of esters is 1. The Labute approximate surface area is 141 Å². The number of rotatable bonds is 8. The molecule has 1 aromatic heterocycles. The van der Waals surface area contributed by atoms with Crippen molar-refractivity contribution in [2.75, 3.05) is 6.61 Å². The number of nitrogens with zero attached hydrogens (tertiary/aromatic N) is 4. The highest BCUT2D eigenvalue weighted by atomic mass is 16.5. The molecule has 2 rings (SSSR count). The molecule has 1 unspecified atom stereocenters. The lowest BCUT2D eigenvalue weighted by atomic mass is 9.94. The van der Waals surface area contributed by atoms with E-state index in [9.17, 15) is 14.4 Å². The van der Waals surface area contributed by atoms with Crippen molar-refractivity contribution in [1.82, 2.24) is 19.9 Å². The van der Waals surface area contributed by atoms with E-state index in [1.54, 1.807) is 6.20 Å². The van der Waals surface area contributed by atoms with Crippen molar-refractivity contribution in [3.05, 3.63) is 11.9 Å². The third-order valence-electron chi connectivity index (χ3n) is 4.00. The van der Waals surface area contributed by atoms with Gasteiger partial charge in [-0.25, -0.2) is 0 Å². The molecule has 1 aliphatic rings. The number of carbonyl (C=O) groups is 3. The Morgan fingerprint density at radius 1 is 1.42 bits per heavy atom. The molecule has 0 aromatic carbocycles. The van der Waals surface area contributed by atoms with Crippen LogP contribution in [0.3, 0.4) is 0 Å². The summed E-state index contributed by atoms with van der Waals surface area (Å²) in [5, 5.41) is 7.90. The molecule has 1 saturated heterocycles. The van der Waals surface area contributed by atoms with E-state index in [1.165, 1.54) is 9.58 Å². The normalized spacial score (nSPS) is 17.8. The van der Waals surface area contributed by atoms with Gasteiger partial charge in [0.15, 0.2) is 0 Å². The molecule has 1 aliphatic heterocycles. The van der Waals surface area contributed by atoms with Gasteiger partial charge in [0.2, 0.25) is 11.8 Å². The van der Waals surface area contributed by atoms with Crippen LogP contribution >= 0.6 is 0 Å². The Hall–Kier alpha value is -2.25. The first-order chi connectivity index (χ1) is 11.4. The smallest absolute Gasteiger partial charge is 0.307 e. The molecule has 2 amide bonds. The van der Waals surface area contributed by atoms with E-state index < -0.39 is 0 Å². The number of hydrogen-bond donors (Lipinski definition) is 0. The van der Waals surface area contributed by atoms with Crippen molar-refractivity contribution < 1.29 is 19.1 Å². The highest BCUT2D eigenvalue weighted by molar-refractivity contribution is 6.03. The van der Waals surface area contributed by atoms with Crippen LogP contribution in [0.5, 0.6) is 0 Å². The van der Waals surface area contributed by atoms with Crippen molar-refractivity contribution in [1.29, 1.82) is 0 Å². The molecular weight excluding hydrogens is 312 g/mol. The molecule has 1 fully saturated rings. The van der Waals surface area contributed by atoms with Crippen LogP contribution in [-0.4, -0.2) is 44.3 Å². The lowest BCUT2D eigenvalue weighted by molar-refractivity contribution is -0.144. The molecule has 1 aromatic rings. The summed E-state index contributed by atoms with van der Waals surface area (Å²) in [6, 6.07) is 0. The average molecular weight is 336 g/mol. The molecule has 132 valence electrons. The van der Waals surface area contributed by atoms with Crippen molar-refractivity contribution in [3.63, 3.8) is 0 Å². The van der Waals surface area contributed by atoms with Crippen molar-refractivity contribution in [2.45, 2.75) is 53.1 Å². The lowest BCUT2D eigenvalue weighted by Gasteiger charge is -2.14. The van der Waals surface area contributed by atoms with Crippen LogP contribution in [0.1, 0.15) is 45.7 Å². The van der Waals surface area contributed by atoms with Gasteiger partial charge in [-0.1, -0.05) is 26.0 Å². The van der Waals surface area contributed by atoms with Crippen LogP contribution in [0, 0.1) is 11.8 Å². The van der Waals surface area contributed by atoms with E-state index in [2.05, 4.69) is 10.3 Å². The summed E-state index contributed by atoms with van der Waals surface area (Å²) in [6.07, 6.45) is 2.90. The summed E-state index contributed by atoms with van der Waals surface area (Å²) in [4.78, 5) is 37.0. The third-order valence-corrected chi connectivity index (χ3v) is 4.00. The van der Waals surface area contributed by atoms with E-state index >= 15 is 0 Å². The van der Waals surface area contributed by atoms with Crippen molar-refractivity contribution >= 4 is 17.8 Å². The van der Waals surface area contributed by atoms with Crippen LogP contribution in [0.25, 0.3) is 0 Å². The Bertz CT molecular complexity index is 611. The maximum absolute atomic E-state index is 12.3. The maximum Gasteiger partial charge on any atom is 0.307 e. The third kappa shape index (κ3) is 4.39. The second kappa shape index (κ2) is 8.03. The van der Waals surface area contributed by atoms with Crippen LogP contribution in [0.2, 0.25) is 0 Å². The highest BCUT2D eigenvalue weighted by Crippen LogP contribution is 2.27. The Balaban J connectivity index is 1.88. The van der Waals surface area contributed by atoms with E-state index in [-0.39, 0.29) is 49.0 Å². The van der Waals surface area contributed by atoms with Crippen molar-refractivity contribution in [2.24, 2.45) is 11.8 Å². The van der Waals surface area contributed by atoms with Gasteiger partial charge in [0.25, 0.3) is 0 Å². The fourth-order valence-corrected chi connectivity index (χ4v) is 2.57. The molecule has 0 aliphatic carbocycles. The number of carbonyl (C=O) groups excluding carboxylic acids is 3. The van der Waals surface area contributed by atoms with E-state index in [0.717, 1.165) is 6.42 Å². The standard InChI is InChI=1S/C16H24N4O4/c1-4-7-24-15(22)5-6-19-9-12(17-18-19)10-20-14(21)8-13(11(2)3)16(20)23/h9,11,13H,4-8,10H2,1-3H3. The molecule has 0 saturated carbocycles. The van der Waals surface area contributed by atoms with E-state index in [4.69, 9.17) is 4.74 Å². The predicted octanol–water partition coefficient (Wildman–Crippen LogP) is 1.15. The number of ether oxygens (including phenoxy) is 1. The highest BCUT2D eigenvalue weighted by Gasteiger charge is 2.40. The summed E-state index contributed by atoms with van der Waals surface area (Å²) in [5.41, 5.74) is 0.531.